The molecule has 0 saturated carbocycles. The molecule has 0 aliphatic rings. The topological polar surface area (TPSA) is 80.0 Å². The van der Waals surface area contributed by atoms with Crippen LogP contribution in [0.2, 0.25) is 0 Å². The van der Waals surface area contributed by atoms with Gasteiger partial charge >= 0.3 is 0 Å². The van der Waals surface area contributed by atoms with Crippen LogP contribution in [-0.4, -0.2) is 38.9 Å². The summed E-state index contributed by atoms with van der Waals surface area (Å²) < 4.78 is 1.85. The maximum atomic E-state index is 12.8. The van der Waals surface area contributed by atoms with Gasteiger partial charge in [0.25, 0.3) is 5.91 Å². The van der Waals surface area contributed by atoms with Crippen molar-refractivity contribution in [2.45, 2.75) is 59.9 Å². The molecule has 0 bridgehead atoms. The zero-order valence-corrected chi connectivity index (χ0v) is 16.1. The van der Waals surface area contributed by atoms with E-state index in [2.05, 4.69) is 24.3 Å². The third-order valence-corrected chi connectivity index (χ3v) is 4.43. The fourth-order valence-electron chi connectivity index (χ4n) is 2.70. The molecule has 1 amide bonds. The van der Waals surface area contributed by atoms with Gasteiger partial charge in [0.2, 0.25) is 0 Å². The van der Waals surface area contributed by atoms with Crippen molar-refractivity contribution in [3.8, 4) is 0 Å². The quantitative estimate of drug-likeness (QED) is 0.806. The minimum atomic E-state index is -0.153. The Labute approximate surface area is 149 Å². The minimum absolute atomic E-state index is 0.112. The molecule has 0 aliphatic heterocycles. The summed E-state index contributed by atoms with van der Waals surface area (Å²) in [4.78, 5) is 17.5. The van der Waals surface area contributed by atoms with E-state index < -0.39 is 0 Å². The number of carbonyl (C=O) groups excluding carboxylic acids is 1. The average Bonchev–Trinajstić information content (AvgIpc) is 2.95. The number of aromatic nitrogens is 3. The summed E-state index contributed by atoms with van der Waals surface area (Å²) in [5.41, 5.74) is 2.09. The van der Waals surface area contributed by atoms with Gasteiger partial charge in [-0.15, -0.1) is 0 Å². The molecule has 0 atom stereocenters. The first-order chi connectivity index (χ1) is 11.7. The van der Waals surface area contributed by atoms with E-state index in [0.29, 0.717) is 18.5 Å². The molecule has 25 heavy (non-hydrogen) atoms. The monoisotopic (exact) mass is 346 g/mol. The van der Waals surface area contributed by atoms with Crippen molar-refractivity contribution >= 4 is 16.9 Å². The van der Waals surface area contributed by atoms with Crippen LogP contribution in [0, 0.1) is 5.41 Å². The Hall–Kier alpha value is -1.95. The van der Waals surface area contributed by atoms with E-state index in [1.807, 2.05) is 38.4 Å². The van der Waals surface area contributed by atoms with Gasteiger partial charge in [0.1, 0.15) is 0 Å². The molecule has 0 spiro atoms. The summed E-state index contributed by atoms with van der Waals surface area (Å²) >= 11 is 0. The van der Waals surface area contributed by atoms with Gasteiger partial charge in [0.15, 0.2) is 5.65 Å². The molecule has 2 heterocycles. The lowest BCUT2D eigenvalue weighted by Gasteiger charge is -2.24. The Morgan fingerprint density at radius 1 is 1.32 bits per heavy atom. The zero-order valence-electron chi connectivity index (χ0n) is 16.1. The third-order valence-electron chi connectivity index (χ3n) is 4.43. The van der Waals surface area contributed by atoms with E-state index in [9.17, 15) is 4.79 Å². The maximum Gasteiger partial charge on any atom is 0.252 e. The standard InChI is InChI=1S/C19H30N4O2/c1-12(2)16-9-14(18(25)20-11-19(5,6)7-8-24)15-10-21-23(13(3)4)17(15)22-16/h9-10,12-13,24H,7-8,11H2,1-6H3,(H,20,25). The number of aliphatic hydroxyl groups excluding tert-OH is 1. The summed E-state index contributed by atoms with van der Waals surface area (Å²) in [6.07, 6.45) is 2.36. The number of carbonyl (C=O) groups is 1. The van der Waals surface area contributed by atoms with Gasteiger partial charge in [-0.2, -0.15) is 5.10 Å². The summed E-state index contributed by atoms with van der Waals surface area (Å²) in [5.74, 6) is 0.0981. The SMILES string of the molecule is CC(C)c1cc(C(=O)NCC(C)(C)CCO)c2cnn(C(C)C)c2n1. The molecule has 6 heteroatoms. The van der Waals surface area contributed by atoms with Crippen molar-refractivity contribution in [1.82, 2.24) is 20.1 Å². The van der Waals surface area contributed by atoms with Crippen molar-refractivity contribution in [1.29, 1.82) is 0 Å². The van der Waals surface area contributed by atoms with E-state index in [1.165, 1.54) is 0 Å². The van der Waals surface area contributed by atoms with E-state index in [-0.39, 0.29) is 29.9 Å². The van der Waals surface area contributed by atoms with E-state index in [1.54, 1.807) is 6.20 Å². The van der Waals surface area contributed by atoms with Crippen LogP contribution in [0.3, 0.4) is 0 Å². The number of amides is 1. The fraction of sp³-hybridized carbons (Fsp3) is 0.632. The Morgan fingerprint density at radius 3 is 2.56 bits per heavy atom. The molecule has 0 unspecified atom stereocenters. The number of hydrogen-bond acceptors (Lipinski definition) is 4. The Bertz CT molecular complexity index is 747. The second-order valence-electron chi connectivity index (χ2n) is 7.99. The zero-order chi connectivity index (χ0) is 18.8. The number of rotatable bonds is 7. The highest BCUT2D eigenvalue weighted by molar-refractivity contribution is 6.05. The van der Waals surface area contributed by atoms with Crippen molar-refractivity contribution in [3.63, 3.8) is 0 Å². The minimum Gasteiger partial charge on any atom is -0.396 e. The fourth-order valence-corrected chi connectivity index (χ4v) is 2.70. The van der Waals surface area contributed by atoms with Crippen LogP contribution in [0.4, 0.5) is 0 Å². The van der Waals surface area contributed by atoms with Crippen molar-refractivity contribution < 1.29 is 9.90 Å². The molecule has 2 aromatic heterocycles. The molecule has 2 aromatic rings. The number of hydrogen-bond donors (Lipinski definition) is 2. The number of nitrogens with zero attached hydrogens (tertiary/aromatic N) is 3. The van der Waals surface area contributed by atoms with Gasteiger partial charge in [0.05, 0.1) is 17.1 Å². The molecule has 2 rings (SSSR count). The van der Waals surface area contributed by atoms with E-state index >= 15 is 0 Å². The number of pyridine rings is 1. The maximum absolute atomic E-state index is 12.8. The van der Waals surface area contributed by atoms with Crippen LogP contribution in [-0.2, 0) is 0 Å². The highest BCUT2D eigenvalue weighted by atomic mass is 16.3. The third kappa shape index (κ3) is 4.37. The largest absolute Gasteiger partial charge is 0.396 e. The van der Waals surface area contributed by atoms with Crippen molar-refractivity contribution in [2.75, 3.05) is 13.2 Å². The molecule has 0 saturated heterocycles. The summed E-state index contributed by atoms with van der Waals surface area (Å²) in [7, 11) is 0. The lowest BCUT2D eigenvalue weighted by atomic mass is 9.89. The molecule has 0 aromatic carbocycles. The van der Waals surface area contributed by atoms with Gasteiger partial charge < -0.3 is 10.4 Å². The molecule has 0 aliphatic carbocycles. The number of nitrogens with one attached hydrogen (secondary N) is 1. The lowest BCUT2D eigenvalue weighted by molar-refractivity contribution is 0.0929. The van der Waals surface area contributed by atoms with Gasteiger partial charge in [-0.25, -0.2) is 9.67 Å². The van der Waals surface area contributed by atoms with Crippen LogP contribution in [0.15, 0.2) is 12.3 Å². The highest BCUT2D eigenvalue weighted by Gasteiger charge is 2.22. The average molecular weight is 346 g/mol. The van der Waals surface area contributed by atoms with Crippen LogP contribution in [0.5, 0.6) is 0 Å². The predicted molar refractivity (Wildman–Crippen MR) is 99.8 cm³/mol. The van der Waals surface area contributed by atoms with E-state index in [0.717, 1.165) is 16.7 Å². The van der Waals surface area contributed by atoms with Crippen LogP contribution in [0.25, 0.3) is 11.0 Å². The molecule has 0 radical (unpaired) electrons. The van der Waals surface area contributed by atoms with Crippen LogP contribution in [0.1, 0.15) is 76.0 Å². The lowest BCUT2D eigenvalue weighted by Crippen LogP contribution is -2.34. The normalized spacial score (nSPS) is 12.4. The summed E-state index contributed by atoms with van der Waals surface area (Å²) in [6.45, 7) is 12.9. The van der Waals surface area contributed by atoms with Gasteiger partial charge in [-0.3, -0.25) is 4.79 Å². The predicted octanol–water partition coefficient (Wildman–Crippen LogP) is 3.27. The van der Waals surface area contributed by atoms with Crippen molar-refractivity contribution in [2.24, 2.45) is 5.41 Å². The molecule has 6 nitrogen and oxygen atoms in total. The summed E-state index contributed by atoms with van der Waals surface area (Å²) in [5, 5.41) is 17.3. The second kappa shape index (κ2) is 7.52. The molecule has 0 fully saturated rings. The van der Waals surface area contributed by atoms with Crippen LogP contribution < -0.4 is 5.32 Å². The van der Waals surface area contributed by atoms with Gasteiger partial charge in [-0.05, 0) is 37.7 Å². The van der Waals surface area contributed by atoms with Gasteiger partial charge in [0, 0.05) is 24.9 Å². The van der Waals surface area contributed by atoms with Gasteiger partial charge in [-0.1, -0.05) is 27.7 Å². The number of aliphatic hydroxyl groups is 1. The Kier molecular flexibility index (Phi) is 5.83. The smallest absolute Gasteiger partial charge is 0.252 e. The van der Waals surface area contributed by atoms with Crippen molar-refractivity contribution in [3.05, 3.63) is 23.5 Å². The van der Waals surface area contributed by atoms with Crippen LogP contribution >= 0.6 is 0 Å². The highest BCUT2D eigenvalue weighted by Crippen LogP contribution is 2.25. The first-order valence-electron chi connectivity index (χ1n) is 8.93. The second-order valence-corrected chi connectivity index (χ2v) is 7.99. The molecule has 138 valence electrons. The Balaban J connectivity index is 2.40. The summed E-state index contributed by atoms with van der Waals surface area (Å²) in [6, 6.07) is 2.04. The number of fused-ring (bicyclic) bond motifs is 1. The molecular weight excluding hydrogens is 316 g/mol. The van der Waals surface area contributed by atoms with E-state index in [4.69, 9.17) is 10.1 Å². The Morgan fingerprint density at radius 2 is 2.00 bits per heavy atom. The first-order valence-corrected chi connectivity index (χ1v) is 8.93. The first kappa shape index (κ1) is 19.4. The molecular formula is C19H30N4O2. The molecule has 2 N–H and O–H groups in total.